The molecule has 1 unspecified atom stereocenters. The van der Waals surface area contributed by atoms with Crippen LogP contribution in [0.3, 0.4) is 0 Å². The van der Waals surface area contributed by atoms with Crippen molar-refractivity contribution in [3.05, 3.63) is 29.3 Å². The Bertz CT molecular complexity index is 455. The molecule has 1 aliphatic rings. The minimum absolute atomic E-state index is 0.0655. The Morgan fingerprint density at radius 3 is 2.55 bits per heavy atom. The summed E-state index contributed by atoms with van der Waals surface area (Å²) in [4.78, 5) is 0. The van der Waals surface area contributed by atoms with Gasteiger partial charge >= 0.3 is 0 Å². The van der Waals surface area contributed by atoms with Gasteiger partial charge in [0.1, 0.15) is 5.75 Å². The Labute approximate surface area is 118 Å². The van der Waals surface area contributed by atoms with E-state index >= 15 is 0 Å². The van der Waals surface area contributed by atoms with Crippen LogP contribution in [0.4, 0.5) is 8.78 Å². The molecule has 1 atom stereocenters. The van der Waals surface area contributed by atoms with Gasteiger partial charge in [-0.05, 0) is 31.7 Å². The Kier molecular flexibility index (Phi) is 4.60. The van der Waals surface area contributed by atoms with Gasteiger partial charge in [-0.25, -0.2) is 8.78 Å². The minimum atomic E-state index is -2.52. The highest BCUT2D eigenvalue weighted by Crippen LogP contribution is 2.42. The summed E-state index contributed by atoms with van der Waals surface area (Å²) in [6, 6.07) is 5.72. The maximum absolute atomic E-state index is 13.3. The molecule has 1 aromatic carbocycles. The summed E-state index contributed by atoms with van der Waals surface area (Å²) in [5.41, 5.74) is 4.84. The van der Waals surface area contributed by atoms with E-state index in [2.05, 4.69) is 5.43 Å². The summed E-state index contributed by atoms with van der Waals surface area (Å²) in [6.07, 6.45) is 0.811. The van der Waals surface area contributed by atoms with Gasteiger partial charge in [0, 0.05) is 18.4 Å². The molecule has 0 radical (unpaired) electrons. The third-order valence-corrected chi connectivity index (χ3v) is 4.13. The molecule has 2 rings (SSSR count). The number of hydrogen-bond acceptors (Lipinski definition) is 3. The SMILES string of the molecule is COc1ccc(C)cc1C(NN)C1CCC(F)(F)CC1. The van der Waals surface area contributed by atoms with E-state index in [4.69, 9.17) is 10.6 Å². The molecule has 0 spiro atoms. The lowest BCUT2D eigenvalue weighted by molar-refractivity contribution is -0.0498. The summed E-state index contributed by atoms with van der Waals surface area (Å²) in [5.74, 6) is 4.02. The Hall–Kier alpha value is -1.20. The van der Waals surface area contributed by atoms with Gasteiger partial charge in [-0.3, -0.25) is 11.3 Å². The van der Waals surface area contributed by atoms with Crippen LogP contribution in [0.1, 0.15) is 42.9 Å². The third-order valence-electron chi connectivity index (χ3n) is 4.13. The Morgan fingerprint density at radius 1 is 1.35 bits per heavy atom. The lowest BCUT2D eigenvalue weighted by Gasteiger charge is -2.34. The van der Waals surface area contributed by atoms with Crippen LogP contribution in [0.5, 0.6) is 5.75 Å². The largest absolute Gasteiger partial charge is 0.496 e. The fraction of sp³-hybridized carbons (Fsp3) is 0.600. The molecule has 20 heavy (non-hydrogen) atoms. The second-order valence-corrected chi connectivity index (χ2v) is 5.58. The van der Waals surface area contributed by atoms with Crippen LogP contribution >= 0.6 is 0 Å². The summed E-state index contributed by atoms with van der Waals surface area (Å²) < 4.78 is 31.9. The van der Waals surface area contributed by atoms with Gasteiger partial charge in [0.05, 0.1) is 13.2 Å². The van der Waals surface area contributed by atoms with Crippen LogP contribution in [0.25, 0.3) is 0 Å². The van der Waals surface area contributed by atoms with E-state index in [0.29, 0.717) is 12.8 Å². The predicted octanol–water partition coefficient (Wildman–Crippen LogP) is 3.33. The molecule has 0 aliphatic heterocycles. The van der Waals surface area contributed by atoms with Gasteiger partial charge in [0.2, 0.25) is 5.92 Å². The molecule has 1 aliphatic carbocycles. The van der Waals surface area contributed by atoms with Gasteiger partial charge in [-0.15, -0.1) is 0 Å². The van der Waals surface area contributed by atoms with Crippen molar-refractivity contribution < 1.29 is 13.5 Å². The third kappa shape index (κ3) is 3.27. The molecule has 0 saturated heterocycles. The summed E-state index contributed by atoms with van der Waals surface area (Å²) in [7, 11) is 1.61. The molecule has 112 valence electrons. The summed E-state index contributed by atoms with van der Waals surface area (Å²) >= 11 is 0. The second-order valence-electron chi connectivity index (χ2n) is 5.58. The van der Waals surface area contributed by atoms with Crippen LogP contribution in [0.2, 0.25) is 0 Å². The zero-order valence-electron chi connectivity index (χ0n) is 12.0. The normalized spacial score (nSPS) is 20.6. The first-order valence-corrected chi connectivity index (χ1v) is 6.95. The van der Waals surface area contributed by atoms with Crippen LogP contribution in [0.15, 0.2) is 18.2 Å². The number of alkyl halides is 2. The molecular formula is C15H22F2N2O. The quantitative estimate of drug-likeness (QED) is 0.658. The van der Waals surface area contributed by atoms with Gasteiger partial charge in [-0.2, -0.15) is 0 Å². The van der Waals surface area contributed by atoms with Crippen molar-refractivity contribution in [2.24, 2.45) is 11.8 Å². The Balaban J connectivity index is 2.22. The lowest BCUT2D eigenvalue weighted by Crippen LogP contribution is -2.37. The number of nitrogens with one attached hydrogen (secondary N) is 1. The monoisotopic (exact) mass is 284 g/mol. The van der Waals surface area contributed by atoms with Crippen molar-refractivity contribution in [1.29, 1.82) is 0 Å². The van der Waals surface area contributed by atoms with E-state index in [1.54, 1.807) is 7.11 Å². The number of halogens is 2. The molecule has 0 amide bonds. The molecular weight excluding hydrogens is 262 g/mol. The van der Waals surface area contributed by atoms with Crippen LogP contribution in [-0.4, -0.2) is 13.0 Å². The number of rotatable bonds is 4. The Morgan fingerprint density at radius 2 is 2.00 bits per heavy atom. The highest BCUT2D eigenvalue weighted by molar-refractivity contribution is 5.39. The zero-order chi connectivity index (χ0) is 14.8. The number of ether oxygens (including phenoxy) is 1. The maximum Gasteiger partial charge on any atom is 0.248 e. The van der Waals surface area contributed by atoms with Crippen molar-refractivity contribution in [2.75, 3.05) is 7.11 Å². The zero-order valence-corrected chi connectivity index (χ0v) is 12.0. The number of hydrazine groups is 1. The fourth-order valence-electron chi connectivity index (χ4n) is 2.97. The molecule has 0 bridgehead atoms. The van der Waals surface area contributed by atoms with Crippen molar-refractivity contribution in [1.82, 2.24) is 5.43 Å². The van der Waals surface area contributed by atoms with Crippen molar-refractivity contribution in [2.45, 2.75) is 44.6 Å². The average Bonchev–Trinajstić information content (AvgIpc) is 2.41. The number of benzene rings is 1. The molecule has 0 aromatic heterocycles. The van der Waals surface area contributed by atoms with E-state index in [0.717, 1.165) is 16.9 Å². The average molecular weight is 284 g/mol. The number of hydrogen-bond donors (Lipinski definition) is 2. The van der Waals surface area contributed by atoms with Gasteiger partial charge in [0.15, 0.2) is 0 Å². The molecule has 3 nitrogen and oxygen atoms in total. The van der Waals surface area contributed by atoms with Crippen LogP contribution in [0, 0.1) is 12.8 Å². The van der Waals surface area contributed by atoms with Gasteiger partial charge < -0.3 is 4.74 Å². The first-order chi connectivity index (χ1) is 9.46. The van der Waals surface area contributed by atoms with E-state index in [-0.39, 0.29) is 24.8 Å². The van der Waals surface area contributed by atoms with Crippen LogP contribution < -0.4 is 16.0 Å². The molecule has 0 heterocycles. The highest BCUT2D eigenvalue weighted by atomic mass is 19.3. The lowest BCUT2D eigenvalue weighted by atomic mass is 9.79. The van der Waals surface area contributed by atoms with Gasteiger partial charge in [0.25, 0.3) is 0 Å². The van der Waals surface area contributed by atoms with Crippen molar-refractivity contribution >= 4 is 0 Å². The standard InChI is InChI=1S/C15H22F2N2O/c1-10-3-4-13(20-2)12(9-10)14(19-18)11-5-7-15(16,17)8-6-11/h3-4,9,11,14,19H,5-8,18H2,1-2H3. The number of methoxy groups -OCH3 is 1. The topological polar surface area (TPSA) is 47.3 Å². The summed E-state index contributed by atoms with van der Waals surface area (Å²) in [5, 5.41) is 0. The van der Waals surface area contributed by atoms with E-state index in [9.17, 15) is 8.78 Å². The molecule has 1 fully saturated rings. The minimum Gasteiger partial charge on any atom is -0.496 e. The van der Waals surface area contributed by atoms with E-state index < -0.39 is 5.92 Å². The molecule has 3 N–H and O–H groups in total. The van der Waals surface area contributed by atoms with E-state index in [1.807, 2.05) is 25.1 Å². The second kappa shape index (κ2) is 6.06. The van der Waals surface area contributed by atoms with Crippen molar-refractivity contribution in [3.8, 4) is 5.75 Å². The first-order valence-electron chi connectivity index (χ1n) is 6.95. The highest BCUT2D eigenvalue weighted by Gasteiger charge is 2.38. The van der Waals surface area contributed by atoms with E-state index in [1.165, 1.54) is 0 Å². The molecule has 1 saturated carbocycles. The predicted molar refractivity (Wildman–Crippen MR) is 74.7 cm³/mol. The first kappa shape index (κ1) is 15.2. The van der Waals surface area contributed by atoms with Gasteiger partial charge in [-0.1, -0.05) is 17.7 Å². The number of nitrogens with two attached hydrogens (primary N) is 1. The fourth-order valence-corrected chi connectivity index (χ4v) is 2.97. The summed E-state index contributed by atoms with van der Waals surface area (Å²) in [6.45, 7) is 1.99. The number of aryl methyl sites for hydroxylation is 1. The molecule has 5 heteroatoms. The molecule has 1 aromatic rings. The smallest absolute Gasteiger partial charge is 0.248 e. The van der Waals surface area contributed by atoms with Crippen molar-refractivity contribution in [3.63, 3.8) is 0 Å². The van der Waals surface area contributed by atoms with Crippen LogP contribution in [-0.2, 0) is 0 Å². The maximum atomic E-state index is 13.3.